The number of hydrogen-bond donors (Lipinski definition) is 1. The Labute approximate surface area is 198 Å². The van der Waals surface area contributed by atoms with Crippen LogP contribution in [0.25, 0.3) is 27.6 Å². The number of benzene rings is 2. The number of hydrogen-bond acceptors (Lipinski definition) is 6. The van der Waals surface area contributed by atoms with Crippen molar-refractivity contribution in [2.75, 3.05) is 11.9 Å². The molecule has 0 atom stereocenters. The van der Waals surface area contributed by atoms with Crippen molar-refractivity contribution < 1.29 is 9.53 Å². The van der Waals surface area contributed by atoms with Crippen LogP contribution < -0.4 is 10.1 Å². The Morgan fingerprint density at radius 1 is 1.09 bits per heavy atom. The van der Waals surface area contributed by atoms with Crippen molar-refractivity contribution >= 4 is 40.2 Å². The maximum Gasteiger partial charge on any atom is 0.262 e. The van der Waals surface area contributed by atoms with E-state index in [2.05, 4.69) is 15.5 Å². The third-order valence-corrected chi connectivity index (χ3v) is 6.07. The number of nitrogens with zero attached hydrogens (tertiary/aromatic N) is 4. The van der Waals surface area contributed by atoms with E-state index >= 15 is 0 Å². The van der Waals surface area contributed by atoms with Crippen molar-refractivity contribution in [1.29, 1.82) is 0 Å². The van der Waals surface area contributed by atoms with Crippen molar-refractivity contribution in [2.24, 2.45) is 0 Å². The Balaban J connectivity index is 1.34. The predicted octanol–water partition coefficient (Wildman–Crippen LogP) is 5.50. The summed E-state index contributed by atoms with van der Waals surface area (Å²) in [5.41, 5.74) is 3.89. The zero-order chi connectivity index (χ0) is 22.8. The summed E-state index contributed by atoms with van der Waals surface area (Å²) in [7, 11) is 0. The number of anilines is 1. The van der Waals surface area contributed by atoms with Gasteiger partial charge in [-0.05, 0) is 60.3 Å². The van der Waals surface area contributed by atoms with E-state index in [1.165, 1.54) is 0 Å². The predicted molar refractivity (Wildman–Crippen MR) is 130 cm³/mol. The second-order valence-electron chi connectivity index (χ2n) is 7.34. The van der Waals surface area contributed by atoms with Gasteiger partial charge < -0.3 is 10.1 Å². The van der Waals surface area contributed by atoms with Crippen molar-refractivity contribution in [2.45, 2.75) is 6.92 Å². The van der Waals surface area contributed by atoms with Gasteiger partial charge in [0.1, 0.15) is 5.75 Å². The number of amides is 1. The molecule has 1 N–H and O–H groups in total. The van der Waals surface area contributed by atoms with Crippen LogP contribution in [-0.4, -0.2) is 32.3 Å². The number of thiophene rings is 1. The Bertz CT molecular complexity index is 1450. The van der Waals surface area contributed by atoms with Gasteiger partial charge in [-0.1, -0.05) is 35.9 Å². The fraction of sp³-hybridized carbons (Fsp3) is 0.0833. The van der Waals surface area contributed by atoms with Crippen molar-refractivity contribution in [1.82, 2.24) is 19.8 Å². The largest absolute Gasteiger partial charge is 0.482 e. The molecule has 5 aromatic rings. The monoisotopic (exact) mass is 475 g/mol. The second-order valence-corrected chi connectivity index (χ2v) is 8.70. The minimum absolute atomic E-state index is 0.150. The van der Waals surface area contributed by atoms with Gasteiger partial charge in [-0.3, -0.25) is 4.79 Å². The molecule has 3 aromatic heterocycles. The lowest BCUT2D eigenvalue weighted by Gasteiger charge is -2.10. The average Bonchev–Trinajstić information content (AvgIpc) is 3.49. The molecule has 164 valence electrons. The third kappa shape index (κ3) is 4.57. The number of rotatable bonds is 6. The summed E-state index contributed by atoms with van der Waals surface area (Å²) >= 11 is 7.71. The molecule has 0 fully saturated rings. The molecule has 0 aliphatic heterocycles. The molecule has 33 heavy (non-hydrogen) atoms. The van der Waals surface area contributed by atoms with Gasteiger partial charge in [-0.2, -0.15) is 9.61 Å². The number of aromatic nitrogens is 4. The highest BCUT2D eigenvalue weighted by molar-refractivity contribution is 7.13. The highest BCUT2D eigenvalue weighted by Gasteiger charge is 2.12. The molecule has 0 aliphatic rings. The summed E-state index contributed by atoms with van der Waals surface area (Å²) in [4.78, 5) is 13.4. The first-order valence-electron chi connectivity index (χ1n) is 10.1. The summed E-state index contributed by atoms with van der Waals surface area (Å²) in [5, 5.41) is 18.5. The molecule has 0 saturated heterocycles. The molecule has 0 radical (unpaired) electrons. The number of carbonyl (C=O) groups excluding carboxylic acids is 1. The minimum atomic E-state index is -0.285. The molecule has 0 saturated carbocycles. The van der Waals surface area contributed by atoms with Gasteiger partial charge in [-0.25, -0.2) is 0 Å². The molecule has 1 amide bonds. The third-order valence-electron chi connectivity index (χ3n) is 4.89. The van der Waals surface area contributed by atoms with E-state index in [-0.39, 0.29) is 12.5 Å². The molecule has 0 spiro atoms. The smallest absolute Gasteiger partial charge is 0.262 e. The molecule has 0 aliphatic carbocycles. The number of aryl methyl sites for hydroxylation is 1. The zero-order valence-electron chi connectivity index (χ0n) is 17.5. The van der Waals surface area contributed by atoms with Crippen LogP contribution >= 0.6 is 22.9 Å². The van der Waals surface area contributed by atoms with Crippen LogP contribution in [0, 0.1) is 6.92 Å². The van der Waals surface area contributed by atoms with E-state index in [4.69, 9.17) is 21.4 Å². The molecule has 9 heteroatoms. The van der Waals surface area contributed by atoms with Gasteiger partial charge >= 0.3 is 0 Å². The number of nitrogens with one attached hydrogen (secondary N) is 1. The molecule has 3 heterocycles. The van der Waals surface area contributed by atoms with Crippen molar-refractivity contribution in [3.63, 3.8) is 0 Å². The second kappa shape index (κ2) is 9.01. The van der Waals surface area contributed by atoms with Crippen LogP contribution in [0.4, 0.5) is 5.69 Å². The Morgan fingerprint density at radius 2 is 2.00 bits per heavy atom. The highest BCUT2D eigenvalue weighted by atomic mass is 35.5. The van der Waals surface area contributed by atoms with E-state index < -0.39 is 0 Å². The van der Waals surface area contributed by atoms with Crippen LogP contribution in [0.5, 0.6) is 5.75 Å². The first-order valence-corrected chi connectivity index (χ1v) is 11.4. The molecule has 0 unspecified atom stereocenters. The van der Waals surface area contributed by atoms with Gasteiger partial charge in [0.15, 0.2) is 18.1 Å². The summed E-state index contributed by atoms with van der Waals surface area (Å²) < 4.78 is 7.31. The van der Waals surface area contributed by atoms with Crippen LogP contribution in [0.1, 0.15) is 5.56 Å². The summed E-state index contributed by atoms with van der Waals surface area (Å²) in [6.45, 7) is 1.78. The maximum absolute atomic E-state index is 12.4. The number of fused-ring (bicyclic) bond motifs is 1. The first kappa shape index (κ1) is 21.1. The van der Waals surface area contributed by atoms with Crippen LogP contribution in [0.2, 0.25) is 5.02 Å². The van der Waals surface area contributed by atoms with Gasteiger partial charge in [-0.15, -0.1) is 21.5 Å². The Hall–Kier alpha value is -3.75. The molecule has 0 bridgehead atoms. The lowest BCUT2D eigenvalue weighted by Crippen LogP contribution is -2.20. The molecule has 2 aromatic carbocycles. The normalized spacial score (nSPS) is 11.0. The van der Waals surface area contributed by atoms with Crippen LogP contribution in [-0.2, 0) is 4.79 Å². The lowest BCUT2D eigenvalue weighted by molar-refractivity contribution is -0.118. The fourth-order valence-electron chi connectivity index (χ4n) is 3.32. The van der Waals surface area contributed by atoms with E-state index in [1.54, 1.807) is 28.0 Å². The molecule has 7 nitrogen and oxygen atoms in total. The molecular formula is C24H18ClN5O2S. The van der Waals surface area contributed by atoms with Gasteiger partial charge in [0, 0.05) is 11.3 Å². The lowest BCUT2D eigenvalue weighted by atomic mass is 10.1. The van der Waals surface area contributed by atoms with Gasteiger partial charge in [0.25, 0.3) is 5.91 Å². The quantitative estimate of drug-likeness (QED) is 0.350. The maximum atomic E-state index is 12.4. The van der Waals surface area contributed by atoms with E-state index in [1.807, 2.05) is 66.9 Å². The highest BCUT2D eigenvalue weighted by Crippen LogP contribution is 2.27. The standard InChI is InChI=1S/C24H18ClN5O2S/c1-15-7-8-18(25)20(12-15)32-14-23(31)26-17-5-2-4-16(13-17)19-9-10-22-27-28-24(30(22)29-19)21-6-3-11-33-21/h2-13H,14H2,1H3,(H,26,31). The van der Waals surface area contributed by atoms with Gasteiger partial charge in [0.05, 0.1) is 15.6 Å². The zero-order valence-corrected chi connectivity index (χ0v) is 19.1. The first-order chi connectivity index (χ1) is 16.1. The summed E-state index contributed by atoms with van der Waals surface area (Å²) in [6.07, 6.45) is 0. The van der Waals surface area contributed by atoms with Crippen LogP contribution in [0.15, 0.2) is 72.1 Å². The van der Waals surface area contributed by atoms with E-state index in [0.29, 0.717) is 27.9 Å². The molecule has 5 rings (SSSR count). The summed E-state index contributed by atoms with van der Waals surface area (Å²) in [5.74, 6) is 0.888. The average molecular weight is 476 g/mol. The molecular weight excluding hydrogens is 458 g/mol. The fourth-order valence-corrected chi connectivity index (χ4v) is 4.19. The van der Waals surface area contributed by atoms with E-state index in [9.17, 15) is 4.79 Å². The number of carbonyl (C=O) groups is 1. The van der Waals surface area contributed by atoms with E-state index in [0.717, 1.165) is 21.7 Å². The van der Waals surface area contributed by atoms with Crippen LogP contribution in [0.3, 0.4) is 0 Å². The number of ether oxygens (including phenoxy) is 1. The number of halogens is 1. The Morgan fingerprint density at radius 3 is 2.85 bits per heavy atom. The van der Waals surface area contributed by atoms with Gasteiger partial charge in [0.2, 0.25) is 0 Å². The SMILES string of the molecule is Cc1ccc(Cl)c(OCC(=O)Nc2cccc(-c3ccc4nnc(-c5cccs5)n4n3)c2)c1. The topological polar surface area (TPSA) is 81.4 Å². The Kier molecular flexibility index (Phi) is 5.77. The minimum Gasteiger partial charge on any atom is -0.482 e. The summed E-state index contributed by atoms with van der Waals surface area (Å²) in [6, 6.07) is 20.6. The van der Waals surface area contributed by atoms with Crippen molar-refractivity contribution in [3.05, 3.63) is 82.7 Å². The van der Waals surface area contributed by atoms with Crippen molar-refractivity contribution in [3.8, 4) is 27.7 Å².